The van der Waals surface area contributed by atoms with Crippen LogP contribution in [0.1, 0.15) is 68.9 Å². The van der Waals surface area contributed by atoms with Gasteiger partial charge < -0.3 is 48.9 Å². The minimum atomic E-state index is -4.53. The molecule has 2 unspecified atom stereocenters. The van der Waals surface area contributed by atoms with Crippen LogP contribution in [0.5, 0.6) is 11.5 Å². The van der Waals surface area contributed by atoms with Crippen molar-refractivity contribution in [2.24, 2.45) is 0 Å². The van der Waals surface area contributed by atoms with Crippen LogP contribution < -0.4 is 41.8 Å². The van der Waals surface area contributed by atoms with Gasteiger partial charge in [0.05, 0.1) is 50.1 Å². The number of ether oxygens (including phenoxy) is 2. The zero-order valence-corrected chi connectivity index (χ0v) is 48.5. The van der Waals surface area contributed by atoms with Crippen molar-refractivity contribution in [3.63, 3.8) is 0 Å². The van der Waals surface area contributed by atoms with Gasteiger partial charge in [0, 0.05) is 24.8 Å². The van der Waals surface area contributed by atoms with E-state index >= 15 is 0 Å². The lowest BCUT2D eigenvalue weighted by Gasteiger charge is -2.22. The first kappa shape index (κ1) is 60.7. The van der Waals surface area contributed by atoms with Gasteiger partial charge in [-0.25, -0.2) is 9.97 Å². The summed E-state index contributed by atoms with van der Waals surface area (Å²) >= 11 is 3.51. The van der Waals surface area contributed by atoms with Gasteiger partial charge in [0.25, 0.3) is 22.9 Å². The Labute approximate surface area is 464 Å². The first-order chi connectivity index (χ1) is 37.6. The molecule has 8 rings (SSSR count). The molecule has 0 radical (unpaired) electrons. The van der Waals surface area contributed by atoms with Gasteiger partial charge in [0.15, 0.2) is 11.6 Å². The largest absolute Gasteiger partial charge is 0.497 e. The highest BCUT2D eigenvalue weighted by atomic mass is 79.9. The van der Waals surface area contributed by atoms with E-state index in [0.29, 0.717) is 50.4 Å². The molecule has 6 N–H and O–H groups in total. The summed E-state index contributed by atoms with van der Waals surface area (Å²) in [7, 11) is -5.03. The summed E-state index contributed by atoms with van der Waals surface area (Å²) in [6, 6.07) is 35.3. The van der Waals surface area contributed by atoms with Crippen molar-refractivity contribution in [3.05, 3.63) is 212 Å². The fraction of sp³-hybridized carbons (Fsp3) is 0.200. The van der Waals surface area contributed by atoms with Crippen LogP contribution in [0.3, 0.4) is 0 Å². The number of amides is 2. The maximum Gasteiger partial charge on any atom is 0.361 e. The van der Waals surface area contributed by atoms with Gasteiger partial charge >= 0.3 is 15.2 Å². The van der Waals surface area contributed by atoms with Crippen LogP contribution in [-0.2, 0) is 18.2 Å². The number of rotatable bonds is 18. The highest BCUT2D eigenvalue weighted by Crippen LogP contribution is 2.47. The van der Waals surface area contributed by atoms with E-state index in [1.165, 1.54) is 31.5 Å². The Bertz CT molecular complexity index is 3540. The number of carbonyl (C=O) groups excluding carboxylic acids is 2. The fourth-order valence-corrected chi connectivity index (χ4v) is 9.62. The van der Waals surface area contributed by atoms with Crippen molar-refractivity contribution < 1.29 is 47.0 Å². The third-order valence-electron chi connectivity index (χ3n) is 11.0. The summed E-state index contributed by atoms with van der Waals surface area (Å²) in [6.07, 6.45) is 5.52. The molecule has 4 aromatic heterocycles. The predicted octanol–water partition coefficient (Wildman–Crippen LogP) is 8.63. The first-order valence-corrected chi connectivity index (χ1v) is 33.3. The molecular formula is C55H59BrN8O12P2Si. The Morgan fingerprint density at radius 2 is 0.975 bits per heavy atom. The molecule has 412 valence electrons. The molecule has 24 heteroatoms. The second-order valence-corrected chi connectivity index (χ2v) is 32.8. The van der Waals surface area contributed by atoms with Gasteiger partial charge in [-0.1, -0.05) is 80.3 Å². The number of hydrogen-bond acceptors (Lipinski definition) is 14. The average molecular weight is 1190 g/mol. The molecule has 79 heavy (non-hydrogen) atoms. The van der Waals surface area contributed by atoms with Gasteiger partial charge in [-0.2, -0.15) is 0 Å². The molecule has 0 aliphatic carbocycles. The Morgan fingerprint density at radius 1 is 0.582 bits per heavy atom. The van der Waals surface area contributed by atoms with E-state index < -0.39 is 56.9 Å². The second kappa shape index (κ2) is 27.9. The number of nitrogens with one attached hydrogen (secondary N) is 4. The number of halogens is 1. The van der Waals surface area contributed by atoms with Crippen molar-refractivity contribution >= 4 is 59.6 Å². The summed E-state index contributed by atoms with van der Waals surface area (Å²) in [5.74, 6) is 0.343. The van der Waals surface area contributed by atoms with E-state index in [2.05, 4.69) is 75.5 Å². The summed E-state index contributed by atoms with van der Waals surface area (Å²) < 4.78 is 46.7. The van der Waals surface area contributed by atoms with E-state index in [4.69, 9.17) is 18.5 Å². The number of carbonyl (C=O) groups is 2. The van der Waals surface area contributed by atoms with Gasteiger partial charge in [-0.15, -0.1) is 15.3 Å². The van der Waals surface area contributed by atoms with E-state index in [1.54, 1.807) is 149 Å². The molecule has 0 saturated carbocycles. The highest BCUT2D eigenvalue weighted by molar-refractivity contribution is 9.26. The predicted molar refractivity (Wildman–Crippen MR) is 308 cm³/mol. The monoisotopic (exact) mass is 1190 g/mol. The topological polar surface area (TPSA) is 287 Å². The number of methoxy groups -OCH3 is 2. The van der Waals surface area contributed by atoms with E-state index in [9.17, 15) is 38.1 Å². The Morgan fingerprint density at radius 3 is 1.32 bits per heavy atom. The second-order valence-electron chi connectivity index (χ2n) is 17.9. The minimum Gasteiger partial charge on any atom is -0.497 e. The van der Waals surface area contributed by atoms with E-state index in [-0.39, 0.29) is 41.3 Å². The Balaban J connectivity index is 0.000000236. The summed E-state index contributed by atoms with van der Waals surface area (Å²) in [4.78, 5) is 93.1. The number of H-pyrrole nitrogens is 2. The SMILES string of the molecule is CCOP(=O)(OCC)c1cccc(C(NC(=O)c2cnc(-c3ccccn3)[nH]c2=O)c2ccc(OC)cc2)c1.COc1ccc(C(NC(=O)c2cnc(-c3ccccn3)[nH]c2=O)c2cccc(P(=O)(O)O)c2)cc1.C[Si](C)(C)Br. The van der Waals surface area contributed by atoms with Gasteiger partial charge in [-0.3, -0.25) is 38.3 Å². The molecule has 0 aliphatic rings. The fourth-order valence-electron chi connectivity index (χ4n) is 7.39. The number of aromatic amines is 2. The van der Waals surface area contributed by atoms with Crippen LogP contribution in [0.4, 0.5) is 0 Å². The van der Waals surface area contributed by atoms with Crippen LogP contribution in [0.2, 0.25) is 19.6 Å². The summed E-state index contributed by atoms with van der Waals surface area (Å²) in [5.41, 5.74) is 1.60. The molecule has 20 nitrogen and oxygen atoms in total. The third kappa shape index (κ3) is 17.2. The lowest BCUT2D eigenvalue weighted by atomic mass is 9.98. The average Bonchev–Trinajstić information content (AvgIpc) is 3.45. The molecule has 0 saturated heterocycles. The molecule has 0 fully saturated rings. The maximum absolute atomic E-state index is 13.4. The summed E-state index contributed by atoms with van der Waals surface area (Å²) in [5, 5.41) is 5.86. The number of nitrogens with zero attached hydrogens (tertiary/aromatic N) is 4. The number of hydrogen-bond donors (Lipinski definition) is 6. The zero-order valence-electron chi connectivity index (χ0n) is 44.1. The van der Waals surface area contributed by atoms with E-state index in [0.717, 1.165) is 6.20 Å². The molecular weight excluding hydrogens is 1130 g/mol. The van der Waals surface area contributed by atoms with Gasteiger partial charge in [0.1, 0.15) is 40.7 Å². The van der Waals surface area contributed by atoms with Gasteiger partial charge in [0.2, 0.25) is 0 Å². The van der Waals surface area contributed by atoms with Crippen molar-refractivity contribution in [1.29, 1.82) is 0 Å². The van der Waals surface area contributed by atoms with Crippen molar-refractivity contribution in [3.8, 4) is 34.5 Å². The number of pyridine rings is 2. The third-order valence-corrected chi connectivity index (χ3v) is 14.1. The molecule has 0 spiro atoms. The van der Waals surface area contributed by atoms with Gasteiger partial charge in [-0.05, 0) is 109 Å². The quantitative estimate of drug-likeness (QED) is 0.0266. The molecule has 0 bridgehead atoms. The molecule has 8 aromatic rings. The smallest absolute Gasteiger partial charge is 0.361 e. The van der Waals surface area contributed by atoms with E-state index in [1.807, 2.05) is 0 Å². The Kier molecular flexibility index (Phi) is 21.4. The molecule has 0 aliphatic heterocycles. The summed E-state index contributed by atoms with van der Waals surface area (Å²) in [6.45, 7) is 9.80. The van der Waals surface area contributed by atoms with Crippen molar-refractivity contribution in [1.82, 2.24) is 40.5 Å². The lowest BCUT2D eigenvalue weighted by Crippen LogP contribution is -2.34. The minimum absolute atomic E-state index is 0.168. The standard InChI is InChI=1S/C28H29N4O6P.C24H21N4O6P.C3H9BrSi/c1-4-37-39(35,38-5-2)22-10-8-9-20(17-22)25(19-12-14-21(36-3)15-13-19)31-27(33)23-18-30-26(32-28(23)34)24-11-6-7-16-29-24;1-34-17-10-8-15(9-11-17)21(16-5-4-6-18(13-16)35(31,32)33)27-23(29)19-14-26-22(28-24(19)30)20-7-2-3-12-25-20;1-5(2,3)4/h6-18,25H,4-5H2,1-3H3,(H,31,33)(H,30,32,34);2-14,21H,1H3,(H,27,29)(H,26,28,30)(H2,31,32,33);1-3H3. The first-order valence-electron chi connectivity index (χ1n) is 24.4. The van der Waals surface area contributed by atoms with Crippen molar-refractivity contribution in [2.45, 2.75) is 45.6 Å². The maximum atomic E-state index is 13.4. The number of aromatic nitrogens is 6. The van der Waals surface area contributed by atoms with Crippen LogP contribution in [0, 0.1) is 0 Å². The highest BCUT2D eigenvalue weighted by Gasteiger charge is 2.29. The van der Waals surface area contributed by atoms with Crippen LogP contribution in [0.15, 0.2) is 168 Å². The molecule has 4 heterocycles. The van der Waals surface area contributed by atoms with Crippen LogP contribution in [-0.4, -0.2) is 85.6 Å². The molecule has 2 amide bonds. The number of benzene rings is 4. The normalized spacial score (nSPS) is 12.1. The molecule has 4 aromatic carbocycles. The Hall–Kier alpha value is -7.52. The van der Waals surface area contributed by atoms with Crippen molar-refractivity contribution in [2.75, 3.05) is 27.4 Å². The van der Waals surface area contributed by atoms with Crippen LogP contribution >= 0.6 is 30.5 Å². The zero-order chi connectivity index (χ0) is 57.3. The van der Waals surface area contributed by atoms with Crippen LogP contribution in [0.25, 0.3) is 23.0 Å². The molecule has 2 atom stereocenters. The lowest BCUT2D eigenvalue weighted by molar-refractivity contribution is 0.0932.